The Kier molecular flexibility index (Phi) is 5.32. The van der Waals surface area contributed by atoms with Crippen LogP contribution < -0.4 is 15.0 Å². The Balaban J connectivity index is 1.85. The number of rotatable bonds is 7. The molecule has 31 heavy (non-hydrogen) atoms. The topological polar surface area (TPSA) is 41.6 Å². The minimum atomic E-state index is -0.991. The zero-order chi connectivity index (χ0) is 22.1. The number of hydrogen-bond donors (Lipinski definition) is 1. The molecule has 1 aliphatic heterocycles. The van der Waals surface area contributed by atoms with Crippen molar-refractivity contribution in [2.75, 3.05) is 17.3 Å². The summed E-state index contributed by atoms with van der Waals surface area (Å²) in [4.78, 5) is 16.1. The van der Waals surface area contributed by atoms with Gasteiger partial charge in [-0.3, -0.25) is 4.79 Å². The lowest BCUT2D eigenvalue weighted by molar-refractivity contribution is -0.125. The third kappa shape index (κ3) is 3.38. The molecule has 1 unspecified atom stereocenters. The summed E-state index contributed by atoms with van der Waals surface area (Å²) in [6.07, 6.45) is 1.87. The van der Waals surface area contributed by atoms with Crippen LogP contribution in [0.15, 0.2) is 91.5 Å². The fourth-order valence-corrected chi connectivity index (χ4v) is 4.32. The molecule has 4 nitrogen and oxygen atoms in total. The van der Waals surface area contributed by atoms with Gasteiger partial charge in [0.2, 0.25) is 0 Å². The molecule has 3 aromatic carbocycles. The van der Waals surface area contributed by atoms with Crippen molar-refractivity contribution >= 4 is 17.3 Å². The van der Waals surface area contributed by atoms with Crippen LogP contribution in [0.5, 0.6) is 5.75 Å². The van der Waals surface area contributed by atoms with E-state index in [0.717, 1.165) is 28.3 Å². The maximum Gasteiger partial charge on any atom is 0.258 e. The average Bonchev–Trinajstić information content (AvgIpc) is 3.04. The molecule has 0 saturated carbocycles. The van der Waals surface area contributed by atoms with E-state index in [2.05, 4.69) is 25.7 Å². The molecule has 4 rings (SSSR count). The summed E-state index contributed by atoms with van der Waals surface area (Å²) >= 11 is 0. The number of amides is 1. The molecule has 1 atom stereocenters. The molecule has 1 N–H and O–H groups in total. The van der Waals surface area contributed by atoms with Gasteiger partial charge in [0, 0.05) is 16.7 Å². The Labute approximate surface area is 184 Å². The number of carbonyl (C=O) groups excluding carboxylic acids is 1. The first kappa shape index (κ1) is 20.7. The molecule has 4 heteroatoms. The number of ether oxygens (including phenoxy) is 1. The van der Waals surface area contributed by atoms with Crippen LogP contribution >= 0.6 is 0 Å². The maximum atomic E-state index is 14.2. The van der Waals surface area contributed by atoms with Gasteiger partial charge in [-0.15, -0.1) is 6.58 Å². The molecule has 158 valence electrons. The summed E-state index contributed by atoms with van der Waals surface area (Å²) in [5.41, 5.74) is 2.26. The van der Waals surface area contributed by atoms with Crippen molar-refractivity contribution in [3.8, 4) is 5.75 Å². The first-order valence-electron chi connectivity index (χ1n) is 10.4. The monoisotopic (exact) mass is 412 g/mol. The molecule has 3 aromatic rings. The highest BCUT2D eigenvalue weighted by Gasteiger charge is 2.58. The number of methoxy groups -OCH3 is 1. The van der Waals surface area contributed by atoms with Crippen LogP contribution in [0.2, 0.25) is 0 Å². The molecular weight excluding hydrogens is 384 g/mol. The van der Waals surface area contributed by atoms with E-state index >= 15 is 0 Å². The summed E-state index contributed by atoms with van der Waals surface area (Å²) in [5.74, 6) is 0.782. The molecule has 0 aliphatic carbocycles. The quantitative estimate of drug-likeness (QED) is 0.502. The molecular formula is C27H28N2O2. The maximum absolute atomic E-state index is 14.2. The fourth-order valence-electron chi connectivity index (χ4n) is 4.32. The third-order valence-electron chi connectivity index (χ3n) is 6.25. The van der Waals surface area contributed by atoms with Gasteiger partial charge in [0.05, 0.1) is 19.3 Å². The van der Waals surface area contributed by atoms with Crippen molar-refractivity contribution in [2.24, 2.45) is 5.41 Å². The summed E-state index contributed by atoms with van der Waals surface area (Å²) in [5, 5.41) is 3.60. The Morgan fingerprint density at radius 1 is 1.00 bits per heavy atom. The zero-order valence-corrected chi connectivity index (χ0v) is 18.3. The largest absolute Gasteiger partial charge is 0.497 e. The molecule has 0 radical (unpaired) electrons. The van der Waals surface area contributed by atoms with Gasteiger partial charge in [0.1, 0.15) is 5.75 Å². The number of hydrogen-bond acceptors (Lipinski definition) is 3. The average molecular weight is 413 g/mol. The van der Waals surface area contributed by atoms with Crippen molar-refractivity contribution in [1.82, 2.24) is 0 Å². The number of nitrogens with one attached hydrogen (secondary N) is 1. The molecule has 0 fully saturated rings. The lowest BCUT2D eigenvalue weighted by Crippen LogP contribution is -2.54. The Bertz CT molecular complexity index is 1090. The summed E-state index contributed by atoms with van der Waals surface area (Å²) < 4.78 is 5.29. The minimum absolute atomic E-state index is 0.0123. The lowest BCUT2D eigenvalue weighted by Gasteiger charge is -2.42. The van der Waals surface area contributed by atoms with Crippen molar-refractivity contribution in [2.45, 2.75) is 25.9 Å². The van der Waals surface area contributed by atoms with E-state index in [1.165, 1.54) is 0 Å². The number of anilines is 2. The van der Waals surface area contributed by atoms with E-state index in [9.17, 15) is 4.79 Å². The lowest BCUT2D eigenvalue weighted by atomic mass is 9.68. The van der Waals surface area contributed by atoms with Gasteiger partial charge in [0.25, 0.3) is 5.91 Å². The van der Waals surface area contributed by atoms with Crippen molar-refractivity contribution in [3.63, 3.8) is 0 Å². The predicted molar refractivity (Wildman–Crippen MR) is 126 cm³/mol. The molecule has 0 bridgehead atoms. The van der Waals surface area contributed by atoms with Gasteiger partial charge in [0.15, 0.2) is 5.54 Å². The van der Waals surface area contributed by atoms with Crippen LogP contribution in [-0.2, 0) is 16.9 Å². The highest BCUT2D eigenvalue weighted by atomic mass is 16.5. The molecule has 1 aliphatic rings. The minimum Gasteiger partial charge on any atom is -0.497 e. The van der Waals surface area contributed by atoms with Crippen LogP contribution in [0.3, 0.4) is 0 Å². The van der Waals surface area contributed by atoms with Gasteiger partial charge < -0.3 is 15.0 Å². The highest BCUT2D eigenvalue weighted by Crippen LogP contribution is 2.52. The summed E-state index contributed by atoms with van der Waals surface area (Å²) in [6, 6.07) is 25.8. The number of fused-ring (bicyclic) bond motifs is 1. The van der Waals surface area contributed by atoms with Gasteiger partial charge in [-0.2, -0.15) is 0 Å². The Hall–Kier alpha value is -3.53. The van der Waals surface area contributed by atoms with E-state index in [4.69, 9.17) is 4.74 Å². The van der Waals surface area contributed by atoms with E-state index < -0.39 is 11.0 Å². The summed E-state index contributed by atoms with van der Waals surface area (Å²) in [7, 11) is 1.64. The molecule has 0 spiro atoms. The van der Waals surface area contributed by atoms with E-state index in [0.29, 0.717) is 6.54 Å². The predicted octanol–water partition coefficient (Wildman–Crippen LogP) is 5.76. The van der Waals surface area contributed by atoms with Gasteiger partial charge in [-0.05, 0) is 35.9 Å². The Morgan fingerprint density at radius 2 is 1.65 bits per heavy atom. The van der Waals surface area contributed by atoms with Gasteiger partial charge in [-0.25, -0.2) is 0 Å². The zero-order valence-electron chi connectivity index (χ0n) is 18.3. The number of nitrogens with zero attached hydrogens (tertiary/aromatic N) is 1. The smallest absolute Gasteiger partial charge is 0.258 e. The van der Waals surface area contributed by atoms with Crippen molar-refractivity contribution < 1.29 is 9.53 Å². The highest BCUT2D eigenvalue weighted by molar-refractivity contribution is 6.10. The van der Waals surface area contributed by atoms with Crippen molar-refractivity contribution in [3.05, 3.63) is 103 Å². The second-order valence-electron chi connectivity index (χ2n) is 8.42. The van der Waals surface area contributed by atoms with E-state index in [1.807, 2.05) is 89.8 Å². The van der Waals surface area contributed by atoms with E-state index in [-0.39, 0.29) is 5.91 Å². The number of benzene rings is 3. The summed E-state index contributed by atoms with van der Waals surface area (Å²) in [6.45, 7) is 8.69. The third-order valence-corrected chi connectivity index (χ3v) is 6.25. The molecule has 1 heterocycles. The molecule has 0 aromatic heterocycles. The molecule has 1 amide bonds. The number of carbonyl (C=O) groups is 1. The first-order valence-corrected chi connectivity index (χ1v) is 10.4. The van der Waals surface area contributed by atoms with Gasteiger partial charge >= 0.3 is 0 Å². The Morgan fingerprint density at radius 3 is 2.29 bits per heavy atom. The van der Waals surface area contributed by atoms with Crippen LogP contribution in [0.1, 0.15) is 25.0 Å². The van der Waals surface area contributed by atoms with Crippen LogP contribution in [-0.4, -0.2) is 13.0 Å². The van der Waals surface area contributed by atoms with Crippen LogP contribution in [0.4, 0.5) is 11.4 Å². The van der Waals surface area contributed by atoms with Gasteiger partial charge in [-0.1, -0.05) is 68.5 Å². The standard InChI is InChI=1S/C27H28N2O2/c1-5-26(2,3)27(28-21-15-17-22(31-4)18-16-21)23-13-9-10-14-24(23)29(25(27)30)19-20-11-7-6-8-12-20/h5-18,28H,1,19H2,2-4H3. The second-order valence-corrected chi connectivity index (χ2v) is 8.42. The fraction of sp³-hybridized carbons (Fsp3) is 0.222. The normalized spacial score (nSPS) is 17.9. The first-order chi connectivity index (χ1) is 14.9. The number of para-hydroxylation sites is 1. The van der Waals surface area contributed by atoms with E-state index in [1.54, 1.807) is 7.11 Å². The second kappa shape index (κ2) is 7.95. The van der Waals surface area contributed by atoms with Crippen molar-refractivity contribution in [1.29, 1.82) is 0 Å². The molecule has 0 saturated heterocycles. The van der Waals surface area contributed by atoms with Crippen LogP contribution in [0.25, 0.3) is 0 Å². The SMILES string of the molecule is C=CC(C)(C)C1(Nc2ccc(OC)cc2)C(=O)N(Cc2ccccc2)c2ccccc21. The van der Waals surface area contributed by atoms with Crippen LogP contribution in [0, 0.1) is 5.41 Å².